The molecule has 1 N–H and O–H groups in total. The Morgan fingerprint density at radius 3 is 2.75 bits per heavy atom. The van der Waals surface area contributed by atoms with Gasteiger partial charge in [-0.05, 0) is 36.1 Å². The number of benzene rings is 1. The lowest BCUT2D eigenvalue weighted by atomic mass is 10.1. The molecule has 0 saturated carbocycles. The SMILES string of the molecule is CCSCCCOc1ccc(OC)cc1CNC(C)C. The normalized spacial score (nSPS) is 10.8. The van der Waals surface area contributed by atoms with Crippen molar-refractivity contribution in [3.63, 3.8) is 0 Å². The quantitative estimate of drug-likeness (QED) is 0.667. The highest BCUT2D eigenvalue weighted by Crippen LogP contribution is 2.24. The van der Waals surface area contributed by atoms with Crippen molar-refractivity contribution in [3.05, 3.63) is 23.8 Å². The highest BCUT2D eigenvalue weighted by atomic mass is 32.2. The van der Waals surface area contributed by atoms with Crippen LogP contribution in [0.1, 0.15) is 32.8 Å². The molecule has 0 atom stereocenters. The van der Waals surface area contributed by atoms with E-state index in [-0.39, 0.29) is 0 Å². The average molecular weight is 297 g/mol. The number of methoxy groups -OCH3 is 1. The molecular weight excluding hydrogens is 270 g/mol. The van der Waals surface area contributed by atoms with Crippen LogP contribution in [-0.2, 0) is 6.54 Å². The molecule has 0 aliphatic carbocycles. The van der Waals surface area contributed by atoms with Gasteiger partial charge in [0.15, 0.2) is 0 Å². The van der Waals surface area contributed by atoms with E-state index in [0.29, 0.717) is 6.04 Å². The maximum atomic E-state index is 5.91. The van der Waals surface area contributed by atoms with Gasteiger partial charge in [0.1, 0.15) is 11.5 Å². The first-order valence-electron chi connectivity index (χ1n) is 7.28. The molecule has 20 heavy (non-hydrogen) atoms. The van der Waals surface area contributed by atoms with Crippen molar-refractivity contribution in [1.29, 1.82) is 0 Å². The first kappa shape index (κ1) is 17.2. The molecule has 0 aliphatic rings. The van der Waals surface area contributed by atoms with Crippen LogP contribution in [0.2, 0.25) is 0 Å². The van der Waals surface area contributed by atoms with Crippen LogP contribution in [0.15, 0.2) is 18.2 Å². The van der Waals surface area contributed by atoms with E-state index in [9.17, 15) is 0 Å². The molecule has 0 unspecified atom stereocenters. The van der Waals surface area contributed by atoms with Crippen LogP contribution in [0.25, 0.3) is 0 Å². The van der Waals surface area contributed by atoms with Crippen LogP contribution >= 0.6 is 11.8 Å². The van der Waals surface area contributed by atoms with Crippen molar-refractivity contribution in [2.75, 3.05) is 25.2 Å². The van der Waals surface area contributed by atoms with Gasteiger partial charge in [0.05, 0.1) is 13.7 Å². The molecule has 0 heterocycles. The molecule has 0 fully saturated rings. The highest BCUT2D eigenvalue weighted by Gasteiger charge is 2.06. The van der Waals surface area contributed by atoms with E-state index in [2.05, 4.69) is 26.1 Å². The van der Waals surface area contributed by atoms with Gasteiger partial charge in [-0.1, -0.05) is 20.8 Å². The maximum Gasteiger partial charge on any atom is 0.124 e. The topological polar surface area (TPSA) is 30.5 Å². The van der Waals surface area contributed by atoms with Gasteiger partial charge in [-0.3, -0.25) is 0 Å². The van der Waals surface area contributed by atoms with Crippen LogP contribution in [-0.4, -0.2) is 31.3 Å². The first-order valence-corrected chi connectivity index (χ1v) is 8.43. The van der Waals surface area contributed by atoms with Crippen LogP contribution in [0.3, 0.4) is 0 Å². The van der Waals surface area contributed by atoms with Crippen LogP contribution in [0.4, 0.5) is 0 Å². The maximum absolute atomic E-state index is 5.91. The van der Waals surface area contributed by atoms with Crippen molar-refractivity contribution < 1.29 is 9.47 Å². The second-order valence-corrected chi connectivity index (χ2v) is 6.30. The zero-order valence-electron chi connectivity index (χ0n) is 13.1. The monoisotopic (exact) mass is 297 g/mol. The highest BCUT2D eigenvalue weighted by molar-refractivity contribution is 7.99. The second kappa shape index (κ2) is 9.94. The molecule has 1 aromatic rings. The van der Waals surface area contributed by atoms with E-state index in [4.69, 9.17) is 9.47 Å². The summed E-state index contributed by atoms with van der Waals surface area (Å²) in [6.45, 7) is 8.04. The minimum Gasteiger partial charge on any atom is -0.497 e. The predicted octanol–water partition coefficient (Wildman–Crippen LogP) is 3.72. The van der Waals surface area contributed by atoms with Crippen molar-refractivity contribution in [2.45, 2.75) is 39.8 Å². The van der Waals surface area contributed by atoms with Crippen molar-refractivity contribution in [2.24, 2.45) is 0 Å². The van der Waals surface area contributed by atoms with Crippen LogP contribution < -0.4 is 14.8 Å². The van der Waals surface area contributed by atoms with E-state index in [1.807, 2.05) is 30.0 Å². The van der Waals surface area contributed by atoms with Crippen LogP contribution in [0.5, 0.6) is 11.5 Å². The third kappa shape index (κ3) is 6.53. The fourth-order valence-corrected chi connectivity index (χ4v) is 2.37. The van der Waals surface area contributed by atoms with Gasteiger partial charge in [-0.2, -0.15) is 11.8 Å². The van der Waals surface area contributed by atoms with Crippen molar-refractivity contribution >= 4 is 11.8 Å². The molecule has 3 nitrogen and oxygen atoms in total. The summed E-state index contributed by atoms with van der Waals surface area (Å²) in [5.41, 5.74) is 1.15. The number of ether oxygens (including phenoxy) is 2. The van der Waals surface area contributed by atoms with Gasteiger partial charge >= 0.3 is 0 Å². The number of hydrogen-bond acceptors (Lipinski definition) is 4. The number of thioether (sulfide) groups is 1. The van der Waals surface area contributed by atoms with Gasteiger partial charge in [0.25, 0.3) is 0 Å². The fraction of sp³-hybridized carbons (Fsp3) is 0.625. The number of nitrogens with one attached hydrogen (secondary N) is 1. The van der Waals surface area contributed by atoms with Crippen LogP contribution in [0, 0.1) is 0 Å². The average Bonchev–Trinajstić information content (AvgIpc) is 2.45. The van der Waals surface area contributed by atoms with Gasteiger partial charge < -0.3 is 14.8 Å². The third-order valence-corrected chi connectivity index (χ3v) is 3.85. The lowest BCUT2D eigenvalue weighted by molar-refractivity contribution is 0.313. The molecule has 1 aromatic carbocycles. The molecule has 0 amide bonds. The van der Waals surface area contributed by atoms with Crippen molar-refractivity contribution in [1.82, 2.24) is 5.32 Å². The molecule has 0 aromatic heterocycles. The Balaban J connectivity index is 2.57. The summed E-state index contributed by atoms with van der Waals surface area (Å²) in [5.74, 6) is 4.16. The standard InChI is InChI=1S/C16H27NO2S/c1-5-20-10-6-9-19-16-8-7-15(18-4)11-14(16)12-17-13(2)3/h7-8,11,13,17H,5-6,9-10,12H2,1-4H3. The Morgan fingerprint density at radius 2 is 2.10 bits per heavy atom. The molecule has 0 saturated heterocycles. The molecule has 1 rings (SSSR count). The Labute approximate surface area is 127 Å². The summed E-state index contributed by atoms with van der Waals surface area (Å²) >= 11 is 1.96. The largest absolute Gasteiger partial charge is 0.497 e. The first-order chi connectivity index (χ1) is 9.67. The number of hydrogen-bond donors (Lipinski definition) is 1. The molecule has 0 aliphatic heterocycles. The summed E-state index contributed by atoms with van der Waals surface area (Å²) in [6.07, 6.45) is 1.08. The lowest BCUT2D eigenvalue weighted by Gasteiger charge is -2.15. The second-order valence-electron chi connectivity index (χ2n) is 4.91. The smallest absolute Gasteiger partial charge is 0.124 e. The van der Waals surface area contributed by atoms with Gasteiger partial charge in [0.2, 0.25) is 0 Å². The van der Waals surface area contributed by atoms with E-state index in [1.54, 1.807) is 7.11 Å². The van der Waals surface area contributed by atoms with Gasteiger partial charge in [0, 0.05) is 18.2 Å². The molecule has 0 radical (unpaired) electrons. The third-order valence-electron chi connectivity index (χ3n) is 2.86. The summed E-state index contributed by atoms with van der Waals surface area (Å²) in [6, 6.07) is 6.46. The molecule has 0 bridgehead atoms. The van der Waals surface area contributed by atoms with Gasteiger partial charge in [-0.15, -0.1) is 0 Å². The molecule has 0 spiro atoms. The molecular formula is C16H27NO2S. The Morgan fingerprint density at radius 1 is 1.30 bits per heavy atom. The predicted molar refractivity (Wildman–Crippen MR) is 88.1 cm³/mol. The van der Waals surface area contributed by atoms with Gasteiger partial charge in [-0.25, -0.2) is 0 Å². The van der Waals surface area contributed by atoms with E-state index in [0.717, 1.165) is 42.4 Å². The minimum atomic E-state index is 0.454. The summed E-state index contributed by atoms with van der Waals surface area (Å²) < 4.78 is 11.2. The Kier molecular flexibility index (Phi) is 8.54. The fourth-order valence-electron chi connectivity index (χ4n) is 1.76. The molecule has 4 heteroatoms. The Hall–Kier alpha value is -0.870. The summed E-state index contributed by atoms with van der Waals surface area (Å²) in [4.78, 5) is 0. The van der Waals surface area contributed by atoms with E-state index < -0.39 is 0 Å². The lowest BCUT2D eigenvalue weighted by Crippen LogP contribution is -2.22. The minimum absolute atomic E-state index is 0.454. The zero-order chi connectivity index (χ0) is 14.8. The van der Waals surface area contributed by atoms with E-state index in [1.165, 1.54) is 5.75 Å². The summed E-state index contributed by atoms with van der Waals surface area (Å²) in [7, 11) is 1.69. The number of rotatable bonds is 10. The summed E-state index contributed by atoms with van der Waals surface area (Å²) in [5, 5.41) is 3.42. The molecule has 114 valence electrons. The van der Waals surface area contributed by atoms with Crippen molar-refractivity contribution in [3.8, 4) is 11.5 Å². The Bertz CT molecular complexity index is 383. The zero-order valence-corrected chi connectivity index (χ0v) is 13.9. The van der Waals surface area contributed by atoms with E-state index >= 15 is 0 Å².